The predicted molar refractivity (Wildman–Crippen MR) is 77.1 cm³/mol. The van der Waals surface area contributed by atoms with Gasteiger partial charge in [-0.3, -0.25) is 0 Å². The van der Waals surface area contributed by atoms with Crippen LogP contribution in [0, 0.1) is 0 Å². The third-order valence-electron chi connectivity index (χ3n) is 3.21. The summed E-state index contributed by atoms with van der Waals surface area (Å²) in [7, 11) is -2.33. The van der Waals surface area contributed by atoms with Gasteiger partial charge in [0.15, 0.2) is 0 Å². The van der Waals surface area contributed by atoms with Crippen molar-refractivity contribution in [3.05, 3.63) is 23.8 Å². The largest absolute Gasteiger partial charge is 0.496 e. The Kier molecular flexibility index (Phi) is 5.94. The second-order valence-corrected chi connectivity index (χ2v) is 6.01. The first-order chi connectivity index (χ1) is 9.33. The zero-order valence-electron chi connectivity index (χ0n) is 12.0. The van der Waals surface area contributed by atoms with Gasteiger partial charge in [-0.1, -0.05) is 13.8 Å². The van der Waals surface area contributed by atoms with E-state index in [0.717, 1.165) is 13.1 Å². The van der Waals surface area contributed by atoms with Crippen molar-refractivity contribution in [3.63, 3.8) is 0 Å². The molecule has 0 aliphatic heterocycles. The maximum atomic E-state index is 11.4. The number of methoxy groups -OCH3 is 1. The first kappa shape index (κ1) is 16.9. The molecule has 0 aliphatic rings. The van der Waals surface area contributed by atoms with E-state index in [-0.39, 0.29) is 4.90 Å². The van der Waals surface area contributed by atoms with E-state index in [9.17, 15) is 13.5 Å². The highest BCUT2D eigenvalue weighted by Crippen LogP contribution is 2.28. The average Bonchev–Trinajstić information content (AvgIpc) is 2.42. The Morgan fingerprint density at radius 3 is 2.40 bits per heavy atom. The molecule has 6 nitrogen and oxygen atoms in total. The van der Waals surface area contributed by atoms with Crippen LogP contribution in [0.4, 0.5) is 0 Å². The Labute approximate surface area is 120 Å². The normalized spacial score (nSPS) is 13.5. The third kappa shape index (κ3) is 4.17. The molecule has 0 heterocycles. The summed E-state index contributed by atoms with van der Waals surface area (Å²) in [5.74, 6) is 0.442. The minimum atomic E-state index is -3.80. The second kappa shape index (κ2) is 7.03. The van der Waals surface area contributed by atoms with Crippen molar-refractivity contribution in [2.75, 3.05) is 26.7 Å². The van der Waals surface area contributed by atoms with Crippen molar-refractivity contribution in [2.24, 2.45) is 5.14 Å². The van der Waals surface area contributed by atoms with Crippen molar-refractivity contribution < 1.29 is 18.3 Å². The van der Waals surface area contributed by atoms with Gasteiger partial charge in [-0.05, 0) is 31.3 Å². The molecule has 0 saturated heterocycles. The number of aliphatic hydroxyl groups excluding tert-OH is 1. The maximum Gasteiger partial charge on any atom is 0.238 e. The first-order valence-electron chi connectivity index (χ1n) is 6.44. The molecule has 0 fully saturated rings. The van der Waals surface area contributed by atoms with Gasteiger partial charge in [-0.25, -0.2) is 13.6 Å². The van der Waals surface area contributed by atoms with E-state index in [1.165, 1.54) is 25.3 Å². The van der Waals surface area contributed by atoms with Crippen LogP contribution in [0.3, 0.4) is 0 Å². The number of nitrogens with zero attached hydrogens (tertiary/aromatic N) is 1. The van der Waals surface area contributed by atoms with Crippen LogP contribution >= 0.6 is 0 Å². The number of nitrogens with two attached hydrogens (primary N) is 1. The molecule has 0 aliphatic carbocycles. The molecule has 0 bridgehead atoms. The van der Waals surface area contributed by atoms with Gasteiger partial charge < -0.3 is 14.7 Å². The highest BCUT2D eigenvalue weighted by molar-refractivity contribution is 7.89. The molecule has 1 aromatic rings. The maximum absolute atomic E-state index is 11.4. The van der Waals surface area contributed by atoms with Crippen LogP contribution in [0.5, 0.6) is 5.75 Å². The summed E-state index contributed by atoms with van der Waals surface area (Å²) in [5.41, 5.74) is 0.422. The quantitative estimate of drug-likeness (QED) is 0.774. The van der Waals surface area contributed by atoms with E-state index in [2.05, 4.69) is 0 Å². The van der Waals surface area contributed by atoms with Crippen LogP contribution in [-0.4, -0.2) is 45.2 Å². The number of benzene rings is 1. The van der Waals surface area contributed by atoms with E-state index >= 15 is 0 Å². The lowest BCUT2D eigenvalue weighted by molar-refractivity contribution is 0.116. The summed E-state index contributed by atoms with van der Waals surface area (Å²) < 4.78 is 27.9. The van der Waals surface area contributed by atoms with Crippen LogP contribution < -0.4 is 9.88 Å². The Hall–Kier alpha value is -1.15. The molecule has 0 aromatic heterocycles. The van der Waals surface area contributed by atoms with Crippen LogP contribution in [0.1, 0.15) is 25.5 Å². The Bertz CT molecular complexity index is 541. The fraction of sp³-hybridized carbons (Fsp3) is 0.538. The molecular weight excluding hydrogens is 280 g/mol. The number of primary sulfonamides is 1. The minimum Gasteiger partial charge on any atom is -0.496 e. The van der Waals surface area contributed by atoms with E-state index < -0.39 is 16.1 Å². The van der Waals surface area contributed by atoms with Crippen LogP contribution in [-0.2, 0) is 10.0 Å². The van der Waals surface area contributed by atoms with Gasteiger partial charge in [0.25, 0.3) is 0 Å². The van der Waals surface area contributed by atoms with Crippen molar-refractivity contribution >= 4 is 10.0 Å². The number of aliphatic hydroxyl groups is 1. The van der Waals surface area contributed by atoms with Gasteiger partial charge in [0.2, 0.25) is 10.0 Å². The summed E-state index contributed by atoms with van der Waals surface area (Å²) in [6.45, 7) is 5.98. The average molecular weight is 302 g/mol. The smallest absolute Gasteiger partial charge is 0.238 e. The van der Waals surface area contributed by atoms with E-state index in [4.69, 9.17) is 9.88 Å². The molecule has 114 valence electrons. The zero-order chi connectivity index (χ0) is 15.3. The zero-order valence-corrected chi connectivity index (χ0v) is 12.9. The third-order valence-corrected chi connectivity index (χ3v) is 4.13. The van der Waals surface area contributed by atoms with Crippen molar-refractivity contribution in [3.8, 4) is 5.75 Å². The number of rotatable bonds is 7. The molecule has 0 radical (unpaired) electrons. The lowest BCUT2D eigenvalue weighted by Crippen LogP contribution is -2.28. The van der Waals surface area contributed by atoms with Gasteiger partial charge >= 0.3 is 0 Å². The van der Waals surface area contributed by atoms with Crippen LogP contribution in [0.15, 0.2) is 23.1 Å². The molecule has 20 heavy (non-hydrogen) atoms. The fourth-order valence-corrected chi connectivity index (χ4v) is 2.52. The number of sulfonamides is 1. The molecule has 1 aromatic carbocycles. The summed E-state index contributed by atoms with van der Waals surface area (Å²) >= 11 is 0. The SMILES string of the molecule is CCN(CC)CC(O)c1cc(S(N)(=O)=O)ccc1OC. The van der Waals surface area contributed by atoms with Crippen molar-refractivity contribution in [1.82, 2.24) is 4.90 Å². The molecule has 0 spiro atoms. The molecule has 1 rings (SSSR count). The molecule has 0 saturated carbocycles. The van der Waals surface area contributed by atoms with Crippen LogP contribution in [0.2, 0.25) is 0 Å². The Balaban J connectivity index is 3.13. The predicted octanol–water partition coefficient (Wildman–Crippen LogP) is 0.718. The van der Waals surface area contributed by atoms with Crippen LogP contribution in [0.25, 0.3) is 0 Å². The molecule has 1 unspecified atom stereocenters. The second-order valence-electron chi connectivity index (χ2n) is 4.45. The lowest BCUT2D eigenvalue weighted by Gasteiger charge is -2.23. The fourth-order valence-electron chi connectivity index (χ4n) is 1.97. The van der Waals surface area contributed by atoms with Gasteiger partial charge in [0.1, 0.15) is 5.75 Å². The van der Waals surface area contributed by atoms with E-state index in [1.54, 1.807) is 0 Å². The standard InChI is InChI=1S/C13H22N2O4S/c1-4-15(5-2)9-12(16)11-8-10(20(14,17)18)6-7-13(11)19-3/h6-8,12,16H,4-5,9H2,1-3H3,(H2,14,17,18). The summed E-state index contributed by atoms with van der Waals surface area (Å²) in [6, 6.07) is 4.23. The topological polar surface area (TPSA) is 92.9 Å². The van der Waals surface area contributed by atoms with Crippen molar-refractivity contribution in [2.45, 2.75) is 24.8 Å². The molecule has 3 N–H and O–H groups in total. The van der Waals surface area contributed by atoms with E-state index in [1.807, 2.05) is 18.7 Å². The summed E-state index contributed by atoms with van der Waals surface area (Å²) in [4.78, 5) is 2.00. The van der Waals surface area contributed by atoms with Gasteiger partial charge in [0.05, 0.1) is 18.1 Å². The summed E-state index contributed by atoms with van der Waals surface area (Å²) in [6.07, 6.45) is -0.841. The van der Waals surface area contributed by atoms with Gasteiger partial charge in [0, 0.05) is 12.1 Å². The monoisotopic (exact) mass is 302 g/mol. The minimum absolute atomic E-state index is 0.0353. The summed E-state index contributed by atoms with van der Waals surface area (Å²) in [5, 5.41) is 15.4. The number of hydrogen-bond donors (Lipinski definition) is 2. The molecule has 7 heteroatoms. The molecule has 0 amide bonds. The van der Waals surface area contributed by atoms with E-state index in [0.29, 0.717) is 17.9 Å². The number of ether oxygens (including phenoxy) is 1. The van der Waals surface area contributed by atoms with Gasteiger partial charge in [-0.15, -0.1) is 0 Å². The number of hydrogen-bond acceptors (Lipinski definition) is 5. The highest BCUT2D eigenvalue weighted by Gasteiger charge is 2.19. The Morgan fingerprint density at radius 1 is 1.35 bits per heavy atom. The lowest BCUT2D eigenvalue weighted by atomic mass is 10.1. The number of likely N-dealkylation sites (N-methyl/N-ethyl adjacent to an activating group) is 1. The first-order valence-corrected chi connectivity index (χ1v) is 7.99. The van der Waals surface area contributed by atoms with Gasteiger partial charge in [-0.2, -0.15) is 0 Å². The van der Waals surface area contributed by atoms with Crippen molar-refractivity contribution in [1.29, 1.82) is 0 Å². The molecular formula is C13H22N2O4S. The Morgan fingerprint density at radius 2 is 1.95 bits per heavy atom. The highest BCUT2D eigenvalue weighted by atomic mass is 32.2. The molecule has 1 atom stereocenters.